The Morgan fingerprint density at radius 1 is 1.23 bits per heavy atom. The largest absolute Gasteiger partial charge is 0.356 e. The van der Waals surface area contributed by atoms with E-state index in [9.17, 15) is 9.59 Å². The molecular weight excluding hydrogens is 332 g/mol. The highest BCUT2D eigenvalue weighted by Crippen LogP contribution is 2.42. The third-order valence-corrected chi connectivity index (χ3v) is 5.82. The molecule has 1 aromatic carbocycles. The lowest BCUT2D eigenvalue weighted by atomic mass is 9.68. The van der Waals surface area contributed by atoms with E-state index in [2.05, 4.69) is 20.8 Å². The summed E-state index contributed by atoms with van der Waals surface area (Å²) >= 11 is 0. The van der Waals surface area contributed by atoms with E-state index in [-0.39, 0.29) is 17.9 Å². The zero-order valence-corrected chi connectivity index (χ0v) is 14.8. The van der Waals surface area contributed by atoms with Crippen molar-refractivity contribution in [3.8, 4) is 5.69 Å². The molecule has 4 rings (SSSR count). The Labute approximate surface area is 151 Å². The highest BCUT2D eigenvalue weighted by Gasteiger charge is 2.50. The molecule has 0 aliphatic carbocycles. The maximum atomic E-state index is 13.1. The van der Waals surface area contributed by atoms with Crippen molar-refractivity contribution >= 4 is 11.8 Å². The predicted molar refractivity (Wildman–Crippen MR) is 93.6 cm³/mol. The van der Waals surface area contributed by atoms with Crippen molar-refractivity contribution in [3.63, 3.8) is 0 Å². The topological polar surface area (TPSA) is 93.0 Å². The van der Waals surface area contributed by atoms with Gasteiger partial charge in [-0.3, -0.25) is 9.59 Å². The summed E-state index contributed by atoms with van der Waals surface area (Å²) in [6.45, 7) is 3.43. The van der Waals surface area contributed by atoms with Crippen LogP contribution in [0.2, 0.25) is 0 Å². The molecule has 1 N–H and O–H groups in total. The molecule has 3 heterocycles. The quantitative estimate of drug-likeness (QED) is 0.874. The van der Waals surface area contributed by atoms with Crippen molar-refractivity contribution in [2.75, 3.05) is 13.1 Å². The summed E-state index contributed by atoms with van der Waals surface area (Å²) in [6, 6.07) is 7.11. The van der Waals surface area contributed by atoms with Crippen LogP contribution in [0, 0.1) is 5.41 Å². The summed E-state index contributed by atoms with van der Waals surface area (Å²) in [5, 5.41) is 14.1. The Balaban J connectivity index is 1.56. The van der Waals surface area contributed by atoms with Crippen LogP contribution in [-0.2, 0) is 4.79 Å². The third-order valence-electron chi connectivity index (χ3n) is 5.82. The Hall–Kier alpha value is -2.77. The molecule has 8 heteroatoms. The highest BCUT2D eigenvalue weighted by molar-refractivity contribution is 5.95. The minimum absolute atomic E-state index is 0.0294. The summed E-state index contributed by atoms with van der Waals surface area (Å²) in [5.74, 6) is 0.0704. The Morgan fingerprint density at radius 3 is 2.69 bits per heavy atom. The van der Waals surface area contributed by atoms with Gasteiger partial charge in [-0.1, -0.05) is 0 Å². The fourth-order valence-corrected chi connectivity index (χ4v) is 4.28. The monoisotopic (exact) mass is 354 g/mol. The van der Waals surface area contributed by atoms with Crippen LogP contribution in [0.4, 0.5) is 0 Å². The SMILES string of the molecule is C[C@@H]1N(C(=O)c2ccc(-n3cnnn3)cc2)CCC[C@@]12CCCNC2=O. The van der Waals surface area contributed by atoms with E-state index < -0.39 is 5.41 Å². The molecule has 0 bridgehead atoms. The number of rotatable bonds is 2. The van der Waals surface area contributed by atoms with Gasteiger partial charge in [0.2, 0.25) is 5.91 Å². The second-order valence-electron chi connectivity index (χ2n) is 7.09. The van der Waals surface area contributed by atoms with Gasteiger partial charge in [0.25, 0.3) is 5.91 Å². The lowest BCUT2D eigenvalue weighted by molar-refractivity contribution is -0.140. The first kappa shape index (κ1) is 16.7. The first-order valence-electron chi connectivity index (χ1n) is 9.04. The maximum Gasteiger partial charge on any atom is 0.254 e. The Morgan fingerprint density at radius 2 is 2.00 bits per heavy atom. The number of nitrogens with one attached hydrogen (secondary N) is 1. The summed E-state index contributed by atoms with van der Waals surface area (Å²) < 4.78 is 1.54. The van der Waals surface area contributed by atoms with Crippen molar-refractivity contribution in [2.24, 2.45) is 5.41 Å². The normalized spacial score (nSPS) is 26.0. The predicted octanol–water partition coefficient (Wildman–Crippen LogP) is 1.18. The van der Waals surface area contributed by atoms with Crippen LogP contribution in [0.15, 0.2) is 30.6 Å². The molecule has 2 atom stereocenters. The van der Waals surface area contributed by atoms with E-state index >= 15 is 0 Å². The standard InChI is InChI=1S/C18H22N6O2/c1-13-18(8-2-10-19-17(18)26)9-3-11-23(13)16(25)14-4-6-15(7-5-14)24-12-20-21-22-24/h4-7,12-13H,2-3,8-11H2,1H3,(H,19,26)/t13-,18-/m0/s1. The average Bonchev–Trinajstić information content (AvgIpc) is 3.20. The van der Waals surface area contributed by atoms with Crippen molar-refractivity contribution in [1.29, 1.82) is 0 Å². The van der Waals surface area contributed by atoms with Gasteiger partial charge in [0.15, 0.2) is 0 Å². The van der Waals surface area contributed by atoms with Crippen LogP contribution in [0.25, 0.3) is 5.69 Å². The smallest absolute Gasteiger partial charge is 0.254 e. The van der Waals surface area contributed by atoms with Gasteiger partial charge >= 0.3 is 0 Å². The molecular formula is C18H22N6O2. The molecule has 8 nitrogen and oxygen atoms in total. The summed E-state index contributed by atoms with van der Waals surface area (Å²) in [5.41, 5.74) is 0.960. The fourth-order valence-electron chi connectivity index (χ4n) is 4.28. The van der Waals surface area contributed by atoms with E-state index in [4.69, 9.17) is 0 Å². The first-order valence-corrected chi connectivity index (χ1v) is 9.04. The zero-order chi connectivity index (χ0) is 18.1. The lowest BCUT2D eigenvalue weighted by Crippen LogP contribution is -2.61. The van der Waals surface area contributed by atoms with Crippen LogP contribution in [0.1, 0.15) is 43.0 Å². The molecule has 2 aliphatic rings. The molecule has 1 aromatic heterocycles. The molecule has 2 saturated heterocycles. The van der Waals surface area contributed by atoms with Gasteiger partial charge in [0.1, 0.15) is 6.33 Å². The van der Waals surface area contributed by atoms with Crippen LogP contribution < -0.4 is 5.32 Å². The molecule has 0 unspecified atom stereocenters. The van der Waals surface area contributed by atoms with Gasteiger partial charge in [-0.25, -0.2) is 4.68 Å². The number of piperidine rings is 2. The van der Waals surface area contributed by atoms with Crippen molar-refractivity contribution in [2.45, 2.75) is 38.6 Å². The van der Waals surface area contributed by atoms with Gasteiger partial charge in [0, 0.05) is 24.7 Å². The number of hydrogen-bond donors (Lipinski definition) is 1. The van der Waals surface area contributed by atoms with Gasteiger partial charge in [-0.2, -0.15) is 0 Å². The molecule has 26 heavy (non-hydrogen) atoms. The van der Waals surface area contributed by atoms with E-state index in [0.717, 1.165) is 37.9 Å². The number of carbonyl (C=O) groups excluding carboxylic acids is 2. The number of likely N-dealkylation sites (tertiary alicyclic amines) is 1. The molecule has 2 aromatic rings. The number of amides is 2. The number of carbonyl (C=O) groups is 2. The molecule has 0 radical (unpaired) electrons. The zero-order valence-electron chi connectivity index (χ0n) is 14.8. The van der Waals surface area contributed by atoms with Gasteiger partial charge in [-0.05, 0) is 67.3 Å². The van der Waals surface area contributed by atoms with Crippen LogP contribution in [0.3, 0.4) is 0 Å². The minimum atomic E-state index is -0.446. The van der Waals surface area contributed by atoms with E-state index in [1.807, 2.05) is 24.0 Å². The van der Waals surface area contributed by atoms with Crippen LogP contribution >= 0.6 is 0 Å². The molecule has 0 saturated carbocycles. The second kappa shape index (κ2) is 6.51. The van der Waals surface area contributed by atoms with Crippen LogP contribution in [-0.4, -0.2) is 56.1 Å². The van der Waals surface area contributed by atoms with E-state index in [0.29, 0.717) is 12.1 Å². The lowest BCUT2D eigenvalue weighted by Gasteiger charge is -2.49. The number of hydrogen-bond acceptors (Lipinski definition) is 5. The van der Waals surface area contributed by atoms with Crippen molar-refractivity contribution in [3.05, 3.63) is 36.2 Å². The molecule has 136 valence electrons. The molecule has 2 fully saturated rings. The van der Waals surface area contributed by atoms with Crippen molar-refractivity contribution < 1.29 is 9.59 Å². The van der Waals surface area contributed by atoms with E-state index in [1.165, 1.54) is 6.33 Å². The first-order chi connectivity index (χ1) is 12.6. The van der Waals surface area contributed by atoms with Crippen molar-refractivity contribution in [1.82, 2.24) is 30.4 Å². The van der Waals surface area contributed by atoms with Crippen LogP contribution in [0.5, 0.6) is 0 Å². The second-order valence-corrected chi connectivity index (χ2v) is 7.09. The van der Waals surface area contributed by atoms with Gasteiger partial charge in [0.05, 0.1) is 11.1 Å². The number of aromatic nitrogens is 4. The van der Waals surface area contributed by atoms with Gasteiger partial charge in [-0.15, -0.1) is 5.10 Å². The number of tetrazole rings is 1. The molecule has 2 amide bonds. The highest BCUT2D eigenvalue weighted by atomic mass is 16.2. The van der Waals surface area contributed by atoms with E-state index in [1.54, 1.807) is 16.8 Å². The Kier molecular flexibility index (Phi) is 4.18. The Bertz CT molecular complexity index is 800. The average molecular weight is 354 g/mol. The minimum Gasteiger partial charge on any atom is -0.356 e. The molecule has 1 spiro atoms. The third kappa shape index (κ3) is 2.65. The summed E-state index contributed by atoms with van der Waals surface area (Å²) in [6.07, 6.45) is 5.03. The summed E-state index contributed by atoms with van der Waals surface area (Å²) in [7, 11) is 0. The maximum absolute atomic E-state index is 13.1. The van der Waals surface area contributed by atoms with Gasteiger partial charge < -0.3 is 10.2 Å². The molecule has 2 aliphatic heterocycles. The number of benzene rings is 1. The fraction of sp³-hybridized carbons (Fsp3) is 0.500. The number of nitrogens with zero attached hydrogens (tertiary/aromatic N) is 5. The summed E-state index contributed by atoms with van der Waals surface area (Å²) in [4.78, 5) is 27.5.